The highest BCUT2D eigenvalue weighted by atomic mass is 32.2. The highest BCUT2D eigenvalue weighted by Crippen LogP contribution is 2.44. The first-order chi connectivity index (χ1) is 16.0. The number of carboxylic acid groups (broad SMARTS) is 1. The second kappa shape index (κ2) is 11.7. The van der Waals surface area contributed by atoms with Crippen LogP contribution in [0.2, 0.25) is 0 Å². The first-order valence-electron chi connectivity index (χ1n) is 11.1. The van der Waals surface area contributed by atoms with Crippen molar-refractivity contribution in [1.29, 1.82) is 0 Å². The van der Waals surface area contributed by atoms with E-state index in [1.165, 1.54) is 16.7 Å². The fraction of sp³-hybridized carbons (Fsp3) is 0.400. The average Bonchev–Trinajstić information content (AvgIpc) is 3.13. The van der Waals surface area contributed by atoms with E-state index in [1.807, 2.05) is 49.6 Å². The zero-order chi connectivity index (χ0) is 23.8. The number of ether oxygens (including phenoxy) is 1. The Morgan fingerprint density at radius 1 is 1.09 bits per heavy atom. The van der Waals surface area contributed by atoms with Gasteiger partial charge in [0.05, 0.1) is 0 Å². The van der Waals surface area contributed by atoms with E-state index in [1.54, 1.807) is 0 Å². The molecule has 0 aromatic heterocycles. The first-order valence-corrected chi connectivity index (χ1v) is 12.5. The molecule has 0 fully saturated rings. The van der Waals surface area contributed by atoms with Crippen molar-refractivity contribution in [1.82, 2.24) is 10.2 Å². The lowest BCUT2D eigenvalue weighted by Crippen LogP contribution is -2.50. The largest absolute Gasteiger partial charge is 0.480 e. The van der Waals surface area contributed by atoms with E-state index in [2.05, 4.69) is 17.4 Å². The number of fused-ring (bicyclic) bond motifs is 3. The fourth-order valence-corrected chi connectivity index (χ4v) is 4.58. The molecule has 2 aromatic rings. The molecule has 176 valence electrons. The van der Waals surface area contributed by atoms with E-state index in [0.717, 1.165) is 22.3 Å². The van der Waals surface area contributed by atoms with Gasteiger partial charge in [-0.3, -0.25) is 9.59 Å². The number of alkyl carbamates (subject to hydrolysis) is 1. The Kier molecular flexibility index (Phi) is 8.77. The second-order valence-corrected chi connectivity index (χ2v) is 8.94. The minimum absolute atomic E-state index is 0.0754. The molecule has 0 saturated carbocycles. The molecule has 33 heavy (non-hydrogen) atoms. The van der Waals surface area contributed by atoms with Crippen molar-refractivity contribution in [2.75, 3.05) is 31.7 Å². The highest BCUT2D eigenvalue weighted by molar-refractivity contribution is 7.98. The van der Waals surface area contributed by atoms with E-state index >= 15 is 0 Å². The number of carbonyl (C=O) groups is 3. The zero-order valence-electron chi connectivity index (χ0n) is 19.0. The molecule has 2 aromatic carbocycles. The van der Waals surface area contributed by atoms with E-state index in [0.29, 0.717) is 25.1 Å². The second-order valence-electron chi connectivity index (χ2n) is 7.96. The van der Waals surface area contributed by atoms with Crippen molar-refractivity contribution < 1.29 is 24.2 Å². The number of benzene rings is 2. The summed E-state index contributed by atoms with van der Waals surface area (Å²) in [6.07, 6.45) is 2.27. The molecule has 2 N–H and O–H groups in total. The van der Waals surface area contributed by atoms with Gasteiger partial charge in [-0.1, -0.05) is 61.9 Å². The lowest BCUT2D eigenvalue weighted by molar-refractivity contribution is -0.145. The molecule has 1 aliphatic rings. The third kappa shape index (κ3) is 6.07. The van der Waals surface area contributed by atoms with Gasteiger partial charge < -0.3 is 20.1 Å². The normalized spacial score (nSPS) is 13.0. The summed E-state index contributed by atoms with van der Waals surface area (Å²) in [5.41, 5.74) is 4.49. The van der Waals surface area contributed by atoms with Crippen LogP contribution in [0.1, 0.15) is 36.8 Å². The van der Waals surface area contributed by atoms with Crippen molar-refractivity contribution in [3.63, 3.8) is 0 Å². The third-order valence-corrected chi connectivity index (χ3v) is 6.31. The number of rotatable bonds is 11. The molecule has 0 unspecified atom stereocenters. The monoisotopic (exact) mass is 470 g/mol. The summed E-state index contributed by atoms with van der Waals surface area (Å²) in [5.74, 6) is -0.945. The maximum atomic E-state index is 13.0. The number of hydrogen-bond acceptors (Lipinski definition) is 5. The first kappa shape index (κ1) is 24.6. The predicted molar refractivity (Wildman–Crippen MR) is 129 cm³/mol. The molecule has 2 amide bonds. The van der Waals surface area contributed by atoms with E-state index in [4.69, 9.17) is 4.74 Å². The van der Waals surface area contributed by atoms with Crippen LogP contribution in [0.25, 0.3) is 11.1 Å². The molecular weight excluding hydrogens is 440 g/mol. The molecule has 8 heteroatoms. The van der Waals surface area contributed by atoms with E-state index < -0.39 is 30.6 Å². The van der Waals surface area contributed by atoms with Gasteiger partial charge in [-0.2, -0.15) is 11.8 Å². The standard InChI is InChI=1S/C25H30N2O5S/c1-3-8-22(24(30)27(13-14-33-2)15-23(28)29)26-25(31)32-16-21-19-11-6-4-9-17(19)18-10-5-7-12-20(18)21/h4-7,9-12,21-22H,3,8,13-16H2,1-2H3,(H,26,31)(H,28,29)/t22-/m1/s1. The van der Waals surface area contributed by atoms with E-state index in [-0.39, 0.29) is 12.5 Å². The maximum absolute atomic E-state index is 13.0. The van der Waals surface area contributed by atoms with Crippen molar-refractivity contribution >= 4 is 29.7 Å². The number of aliphatic carboxylic acids is 1. The van der Waals surface area contributed by atoms with Gasteiger partial charge >= 0.3 is 12.1 Å². The predicted octanol–water partition coefficient (Wildman–Crippen LogP) is 3.97. The Hall–Kier alpha value is -3.00. The molecule has 1 aliphatic carbocycles. The molecule has 0 saturated heterocycles. The number of thioether (sulfide) groups is 1. The van der Waals surface area contributed by atoms with Gasteiger partial charge in [0, 0.05) is 18.2 Å². The van der Waals surface area contributed by atoms with Crippen LogP contribution in [-0.4, -0.2) is 65.7 Å². The smallest absolute Gasteiger partial charge is 0.407 e. The van der Waals surface area contributed by atoms with Crippen LogP contribution in [0.5, 0.6) is 0 Å². The van der Waals surface area contributed by atoms with Gasteiger partial charge in [0.15, 0.2) is 0 Å². The molecule has 0 spiro atoms. The Morgan fingerprint density at radius 3 is 2.24 bits per heavy atom. The van der Waals surface area contributed by atoms with Crippen LogP contribution < -0.4 is 5.32 Å². The number of carboxylic acids is 1. The highest BCUT2D eigenvalue weighted by Gasteiger charge is 2.30. The quantitative estimate of drug-likeness (QED) is 0.516. The molecule has 0 radical (unpaired) electrons. The Morgan fingerprint density at radius 2 is 1.70 bits per heavy atom. The number of amides is 2. The number of hydrogen-bond donors (Lipinski definition) is 2. The van der Waals surface area contributed by atoms with Crippen LogP contribution in [0.4, 0.5) is 4.79 Å². The summed E-state index contributed by atoms with van der Waals surface area (Å²) in [5, 5.41) is 11.8. The van der Waals surface area contributed by atoms with E-state index in [9.17, 15) is 19.5 Å². The van der Waals surface area contributed by atoms with Gasteiger partial charge in [0.2, 0.25) is 5.91 Å². The molecule has 0 bridgehead atoms. The summed E-state index contributed by atoms with van der Waals surface area (Å²) in [4.78, 5) is 38.1. The van der Waals surface area contributed by atoms with Gasteiger partial charge in [-0.15, -0.1) is 0 Å². The van der Waals surface area contributed by atoms with Gasteiger partial charge in [-0.05, 0) is 34.9 Å². The number of nitrogens with zero attached hydrogens (tertiary/aromatic N) is 1. The summed E-state index contributed by atoms with van der Waals surface area (Å²) in [6, 6.07) is 15.3. The lowest BCUT2D eigenvalue weighted by Gasteiger charge is -2.26. The van der Waals surface area contributed by atoms with Crippen LogP contribution in [-0.2, 0) is 14.3 Å². The Labute approximate surface area is 198 Å². The molecule has 0 heterocycles. The topological polar surface area (TPSA) is 95.9 Å². The summed E-state index contributed by atoms with van der Waals surface area (Å²) < 4.78 is 5.57. The van der Waals surface area contributed by atoms with Gasteiger partial charge in [0.25, 0.3) is 0 Å². The molecule has 7 nitrogen and oxygen atoms in total. The zero-order valence-corrected chi connectivity index (χ0v) is 19.8. The van der Waals surface area contributed by atoms with Gasteiger partial charge in [0.1, 0.15) is 19.2 Å². The molecule has 1 atom stereocenters. The molecule has 0 aliphatic heterocycles. The van der Waals surface area contributed by atoms with Crippen LogP contribution in [0.3, 0.4) is 0 Å². The lowest BCUT2D eigenvalue weighted by atomic mass is 9.98. The SMILES string of the molecule is CCC[C@@H](NC(=O)OCC1c2ccccc2-c2ccccc21)C(=O)N(CCSC)CC(=O)O. The summed E-state index contributed by atoms with van der Waals surface area (Å²) >= 11 is 1.53. The minimum Gasteiger partial charge on any atom is -0.480 e. The maximum Gasteiger partial charge on any atom is 0.407 e. The Bertz CT molecular complexity index is 951. The minimum atomic E-state index is -1.08. The van der Waals surface area contributed by atoms with Gasteiger partial charge in [-0.25, -0.2) is 4.79 Å². The van der Waals surface area contributed by atoms with Crippen molar-refractivity contribution in [2.24, 2.45) is 0 Å². The number of nitrogens with one attached hydrogen (secondary N) is 1. The number of carbonyl (C=O) groups excluding carboxylic acids is 2. The van der Waals surface area contributed by atoms with Crippen molar-refractivity contribution in [2.45, 2.75) is 31.7 Å². The molecule has 3 rings (SSSR count). The summed E-state index contributed by atoms with van der Waals surface area (Å²) in [7, 11) is 0. The summed E-state index contributed by atoms with van der Waals surface area (Å²) in [6.45, 7) is 1.96. The third-order valence-electron chi connectivity index (χ3n) is 5.71. The Balaban J connectivity index is 1.67. The van der Waals surface area contributed by atoms with Crippen molar-refractivity contribution in [3.05, 3.63) is 59.7 Å². The fourth-order valence-electron chi connectivity index (χ4n) is 4.18. The van der Waals surface area contributed by atoms with Crippen molar-refractivity contribution in [3.8, 4) is 11.1 Å². The van der Waals surface area contributed by atoms with Crippen LogP contribution >= 0.6 is 11.8 Å². The van der Waals surface area contributed by atoms with Crippen LogP contribution in [0, 0.1) is 0 Å². The average molecular weight is 471 g/mol. The van der Waals surface area contributed by atoms with Crippen LogP contribution in [0.15, 0.2) is 48.5 Å². The molecular formula is C25H30N2O5S.